The molecule has 4 nitrogen and oxygen atoms in total. The van der Waals surface area contributed by atoms with Gasteiger partial charge in [0.05, 0.1) is 18.0 Å². The molecule has 1 N–H and O–H groups in total. The lowest BCUT2D eigenvalue weighted by molar-refractivity contribution is 0.218. The van der Waals surface area contributed by atoms with Gasteiger partial charge in [0, 0.05) is 6.54 Å². The highest BCUT2D eigenvalue weighted by Crippen LogP contribution is 2.30. The number of rotatable bonds is 0. The van der Waals surface area contributed by atoms with E-state index in [0.717, 1.165) is 0 Å². The predicted molar refractivity (Wildman–Crippen MR) is 40.9 cm³/mol. The lowest BCUT2D eigenvalue weighted by Gasteiger charge is -2.11. The molecule has 2 aliphatic rings. The van der Waals surface area contributed by atoms with E-state index in [-0.39, 0.29) is 17.3 Å². The van der Waals surface area contributed by atoms with Crippen molar-refractivity contribution in [2.24, 2.45) is 0 Å². The molecule has 5 heteroatoms. The Morgan fingerprint density at radius 2 is 2.64 bits per heavy atom. The number of hydrogen-bond acceptors (Lipinski definition) is 3. The molecule has 2 fully saturated rings. The molecule has 0 aromatic heterocycles. The minimum atomic E-state index is -0.0334. The Kier molecular flexibility index (Phi) is 1.43. The molecule has 0 radical (unpaired) electrons. The largest absolute Gasteiger partial charge is 0.336 e. The van der Waals surface area contributed by atoms with E-state index in [0.29, 0.717) is 12.4 Å². The summed E-state index contributed by atoms with van der Waals surface area (Å²) >= 11 is 1.54. The number of fused-ring (bicyclic) bond motifs is 1. The molecule has 2 atom stereocenters. The molecular formula is C6H7N3OS. The highest BCUT2D eigenvalue weighted by Gasteiger charge is 2.42. The Balaban J connectivity index is 2.17. The minimum Gasteiger partial charge on any atom is -0.336 e. The van der Waals surface area contributed by atoms with Gasteiger partial charge in [0.1, 0.15) is 5.25 Å². The summed E-state index contributed by atoms with van der Waals surface area (Å²) in [6.07, 6.45) is 0. The summed E-state index contributed by atoms with van der Waals surface area (Å²) in [6.45, 7) is 0.629. The van der Waals surface area contributed by atoms with Gasteiger partial charge in [0.15, 0.2) is 0 Å². The van der Waals surface area contributed by atoms with E-state index in [1.807, 2.05) is 0 Å². The van der Waals surface area contributed by atoms with Crippen LogP contribution < -0.4 is 5.32 Å². The smallest absolute Gasteiger partial charge is 0.318 e. The second-order valence-corrected chi connectivity index (χ2v) is 3.67. The van der Waals surface area contributed by atoms with Crippen LogP contribution in [0.25, 0.3) is 0 Å². The number of urea groups is 1. The van der Waals surface area contributed by atoms with Crippen molar-refractivity contribution in [2.75, 3.05) is 12.4 Å². The van der Waals surface area contributed by atoms with Crippen molar-refractivity contribution in [3.05, 3.63) is 0 Å². The standard InChI is InChI=1S/C6H7N3OS/c7-1-5-4-2-8-6(10)9(4)3-11-5/h4-5H,2-3H2,(H,8,10). The van der Waals surface area contributed by atoms with Crippen molar-refractivity contribution in [3.63, 3.8) is 0 Å². The number of carbonyl (C=O) groups excluding carboxylic acids is 1. The van der Waals surface area contributed by atoms with Crippen LogP contribution in [0.2, 0.25) is 0 Å². The van der Waals surface area contributed by atoms with Gasteiger partial charge in [0.25, 0.3) is 0 Å². The molecule has 2 rings (SSSR count). The van der Waals surface area contributed by atoms with Crippen molar-refractivity contribution >= 4 is 17.8 Å². The van der Waals surface area contributed by atoms with E-state index in [1.165, 1.54) is 0 Å². The first-order chi connectivity index (χ1) is 5.33. The molecule has 11 heavy (non-hydrogen) atoms. The molecule has 0 aliphatic carbocycles. The van der Waals surface area contributed by atoms with Crippen molar-refractivity contribution in [1.82, 2.24) is 10.2 Å². The summed E-state index contributed by atoms with van der Waals surface area (Å²) in [7, 11) is 0. The fraction of sp³-hybridized carbons (Fsp3) is 0.667. The summed E-state index contributed by atoms with van der Waals surface area (Å²) in [6, 6.07) is 2.27. The molecule has 2 amide bonds. The van der Waals surface area contributed by atoms with E-state index < -0.39 is 0 Å². The Morgan fingerprint density at radius 3 is 3.36 bits per heavy atom. The van der Waals surface area contributed by atoms with E-state index in [9.17, 15) is 4.79 Å². The third kappa shape index (κ3) is 0.862. The molecule has 58 valence electrons. The van der Waals surface area contributed by atoms with Crippen LogP contribution in [0.4, 0.5) is 4.79 Å². The average molecular weight is 169 g/mol. The van der Waals surface area contributed by atoms with Gasteiger partial charge in [-0.25, -0.2) is 4.79 Å². The first-order valence-corrected chi connectivity index (χ1v) is 4.43. The van der Waals surface area contributed by atoms with Crippen LogP contribution >= 0.6 is 11.8 Å². The lowest BCUT2D eigenvalue weighted by atomic mass is 10.2. The second-order valence-electron chi connectivity index (χ2n) is 2.57. The molecule has 0 saturated carbocycles. The van der Waals surface area contributed by atoms with Crippen molar-refractivity contribution in [3.8, 4) is 6.07 Å². The summed E-state index contributed by atoms with van der Waals surface area (Å²) in [4.78, 5) is 12.7. The third-order valence-corrected chi connectivity index (χ3v) is 3.20. The summed E-state index contributed by atoms with van der Waals surface area (Å²) in [5.41, 5.74) is 0. The van der Waals surface area contributed by atoms with E-state index in [1.54, 1.807) is 16.7 Å². The van der Waals surface area contributed by atoms with Gasteiger partial charge in [-0.05, 0) is 0 Å². The molecule has 2 unspecified atom stereocenters. The zero-order chi connectivity index (χ0) is 7.84. The topological polar surface area (TPSA) is 56.1 Å². The Hall–Kier alpha value is -0.890. The van der Waals surface area contributed by atoms with E-state index >= 15 is 0 Å². The zero-order valence-corrected chi connectivity index (χ0v) is 6.60. The normalized spacial score (nSPS) is 34.8. The molecule has 2 heterocycles. The highest BCUT2D eigenvalue weighted by molar-refractivity contribution is 8.00. The molecule has 0 aromatic rings. The number of hydrogen-bond donors (Lipinski definition) is 1. The van der Waals surface area contributed by atoms with Gasteiger partial charge < -0.3 is 10.2 Å². The van der Waals surface area contributed by atoms with Gasteiger partial charge in [-0.2, -0.15) is 5.26 Å². The second kappa shape index (κ2) is 2.31. The van der Waals surface area contributed by atoms with E-state index in [2.05, 4.69) is 11.4 Å². The Bertz CT molecular complexity index is 236. The molecule has 2 saturated heterocycles. The Morgan fingerprint density at radius 1 is 1.82 bits per heavy atom. The van der Waals surface area contributed by atoms with E-state index in [4.69, 9.17) is 5.26 Å². The first-order valence-electron chi connectivity index (χ1n) is 3.38. The van der Waals surface area contributed by atoms with Gasteiger partial charge >= 0.3 is 6.03 Å². The molecule has 2 aliphatic heterocycles. The number of thioether (sulfide) groups is 1. The quantitative estimate of drug-likeness (QED) is 0.554. The van der Waals surface area contributed by atoms with Crippen LogP contribution in [0, 0.1) is 11.3 Å². The predicted octanol–water partition coefficient (Wildman–Crippen LogP) is -0.0233. The van der Waals surface area contributed by atoms with Gasteiger partial charge in [0.2, 0.25) is 0 Å². The number of nitrogens with zero attached hydrogens (tertiary/aromatic N) is 2. The molecule has 0 bridgehead atoms. The summed E-state index contributed by atoms with van der Waals surface area (Å²) < 4.78 is 0. The maximum absolute atomic E-state index is 11.0. The molecular weight excluding hydrogens is 162 g/mol. The van der Waals surface area contributed by atoms with Crippen LogP contribution in [-0.2, 0) is 0 Å². The van der Waals surface area contributed by atoms with Crippen LogP contribution in [0.5, 0.6) is 0 Å². The fourth-order valence-electron chi connectivity index (χ4n) is 1.37. The maximum Gasteiger partial charge on any atom is 0.318 e. The number of amides is 2. The first kappa shape index (κ1) is 6.80. The third-order valence-electron chi connectivity index (χ3n) is 1.99. The van der Waals surface area contributed by atoms with Crippen LogP contribution in [-0.4, -0.2) is 34.6 Å². The number of carbonyl (C=O) groups is 1. The highest BCUT2D eigenvalue weighted by atomic mass is 32.2. The van der Waals surface area contributed by atoms with Crippen molar-refractivity contribution in [1.29, 1.82) is 5.26 Å². The van der Waals surface area contributed by atoms with Crippen molar-refractivity contribution < 1.29 is 4.79 Å². The van der Waals surface area contributed by atoms with Crippen molar-refractivity contribution in [2.45, 2.75) is 11.3 Å². The van der Waals surface area contributed by atoms with Gasteiger partial charge in [-0.15, -0.1) is 11.8 Å². The lowest BCUT2D eigenvalue weighted by Crippen LogP contribution is -2.32. The molecule has 0 aromatic carbocycles. The SMILES string of the molecule is N#CC1SCN2C(=O)NCC12. The monoisotopic (exact) mass is 169 g/mol. The maximum atomic E-state index is 11.0. The minimum absolute atomic E-state index is 0.0275. The summed E-state index contributed by atoms with van der Waals surface area (Å²) in [5, 5.41) is 11.3. The van der Waals surface area contributed by atoms with Gasteiger partial charge in [-0.1, -0.05) is 0 Å². The average Bonchev–Trinajstić information content (AvgIpc) is 2.53. The van der Waals surface area contributed by atoms with Crippen LogP contribution in [0.3, 0.4) is 0 Å². The number of nitrogens with one attached hydrogen (secondary N) is 1. The summed E-state index contributed by atoms with van der Waals surface area (Å²) in [5.74, 6) is 0.661. The van der Waals surface area contributed by atoms with Gasteiger partial charge in [-0.3, -0.25) is 0 Å². The molecule has 0 spiro atoms. The number of nitriles is 1. The van der Waals surface area contributed by atoms with Crippen LogP contribution in [0.15, 0.2) is 0 Å². The van der Waals surface area contributed by atoms with Crippen LogP contribution in [0.1, 0.15) is 0 Å². The zero-order valence-electron chi connectivity index (χ0n) is 5.78. The Labute approximate surface area is 68.5 Å². The fourth-order valence-corrected chi connectivity index (χ4v) is 2.54.